The third kappa shape index (κ3) is 3.74. The molecule has 21 heavy (non-hydrogen) atoms. The lowest BCUT2D eigenvalue weighted by molar-refractivity contribution is -0.0453. The monoisotopic (exact) mass is 282 g/mol. The Balaban J connectivity index is 2.36. The minimum Gasteiger partial charge on any atom is -0.365 e. The first kappa shape index (κ1) is 15.8. The van der Waals surface area contributed by atoms with E-state index in [2.05, 4.69) is 76.2 Å². The van der Waals surface area contributed by atoms with E-state index in [4.69, 9.17) is 4.74 Å². The highest BCUT2D eigenvalue weighted by atomic mass is 16.5. The zero-order chi connectivity index (χ0) is 15.3. The summed E-state index contributed by atoms with van der Waals surface area (Å²) in [6.45, 7) is 9.63. The maximum atomic E-state index is 6.46. The summed E-state index contributed by atoms with van der Waals surface area (Å²) < 4.78 is 6.46. The molecular weight excluding hydrogens is 256 g/mol. The molecular formula is C20H26O. The molecule has 0 aliphatic heterocycles. The molecule has 0 N–H and O–H groups in total. The molecule has 0 atom stereocenters. The molecule has 2 aromatic rings. The zero-order valence-corrected chi connectivity index (χ0v) is 13.6. The van der Waals surface area contributed by atoms with E-state index < -0.39 is 5.60 Å². The quantitative estimate of drug-likeness (QED) is 0.689. The molecule has 0 aliphatic carbocycles. The van der Waals surface area contributed by atoms with Gasteiger partial charge in [0.2, 0.25) is 0 Å². The van der Waals surface area contributed by atoms with Gasteiger partial charge in [0.25, 0.3) is 0 Å². The van der Waals surface area contributed by atoms with E-state index in [0.29, 0.717) is 0 Å². The molecule has 0 spiro atoms. The topological polar surface area (TPSA) is 9.23 Å². The van der Waals surface area contributed by atoms with Crippen LogP contribution in [-0.4, -0.2) is 6.61 Å². The van der Waals surface area contributed by atoms with Gasteiger partial charge in [0.15, 0.2) is 0 Å². The fourth-order valence-corrected chi connectivity index (χ4v) is 2.29. The number of benzene rings is 2. The van der Waals surface area contributed by atoms with Crippen LogP contribution in [0.4, 0.5) is 0 Å². The summed E-state index contributed by atoms with van der Waals surface area (Å²) >= 11 is 0. The Bertz CT molecular complexity index is 503. The smallest absolute Gasteiger partial charge is 0.115 e. The average molecular weight is 282 g/mol. The molecule has 0 radical (unpaired) electrons. The van der Waals surface area contributed by atoms with Gasteiger partial charge in [-0.05, 0) is 29.9 Å². The van der Waals surface area contributed by atoms with Gasteiger partial charge in [0, 0.05) is 0 Å². The van der Waals surface area contributed by atoms with Gasteiger partial charge >= 0.3 is 0 Å². The van der Waals surface area contributed by atoms with E-state index in [0.717, 1.165) is 13.0 Å². The second-order valence-corrected chi connectivity index (χ2v) is 6.57. The molecule has 0 bridgehead atoms. The first-order valence-corrected chi connectivity index (χ1v) is 7.73. The van der Waals surface area contributed by atoms with Crippen LogP contribution in [0, 0.1) is 5.41 Å². The molecule has 1 heteroatoms. The largest absolute Gasteiger partial charge is 0.365 e. The van der Waals surface area contributed by atoms with E-state index >= 15 is 0 Å². The third-order valence-corrected chi connectivity index (χ3v) is 4.36. The van der Waals surface area contributed by atoms with Crippen molar-refractivity contribution in [2.45, 2.75) is 39.7 Å². The highest BCUT2D eigenvalue weighted by Crippen LogP contribution is 2.35. The van der Waals surface area contributed by atoms with Crippen molar-refractivity contribution in [3.63, 3.8) is 0 Å². The lowest BCUT2D eigenvalue weighted by Crippen LogP contribution is -2.32. The molecule has 0 aromatic heterocycles. The van der Waals surface area contributed by atoms with Gasteiger partial charge in [0.05, 0.1) is 6.61 Å². The van der Waals surface area contributed by atoms with E-state index in [1.54, 1.807) is 0 Å². The highest BCUT2D eigenvalue weighted by Gasteiger charge is 2.31. The summed E-state index contributed by atoms with van der Waals surface area (Å²) in [5.74, 6) is 0. The molecule has 0 saturated carbocycles. The molecule has 0 unspecified atom stereocenters. The SMILES string of the molecule is CCC(C)(C)COC(C)(c1ccccc1)c1ccccc1. The maximum Gasteiger partial charge on any atom is 0.115 e. The second kappa shape index (κ2) is 6.44. The minimum absolute atomic E-state index is 0.185. The lowest BCUT2D eigenvalue weighted by atomic mass is 9.86. The standard InChI is InChI=1S/C20H26O/c1-5-19(2,3)16-21-20(4,17-12-8-6-9-13-17)18-14-10-7-11-15-18/h6-15H,5,16H2,1-4H3. The first-order valence-electron chi connectivity index (χ1n) is 7.73. The van der Waals surface area contributed by atoms with Crippen LogP contribution in [0.1, 0.15) is 45.2 Å². The zero-order valence-electron chi connectivity index (χ0n) is 13.6. The van der Waals surface area contributed by atoms with Crippen molar-refractivity contribution in [3.05, 3.63) is 71.8 Å². The van der Waals surface area contributed by atoms with Crippen LogP contribution in [0.3, 0.4) is 0 Å². The second-order valence-electron chi connectivity index (χ2n) is 6.57. The molecule has 0 heterocycles. The molecule has 2 rings (SSSR count). The van der Waals surface area contributed by atoms with Crippen LogP contribution in [0.15, 0.2) is 60.7 Å². The first-order chi connectivity index (χ1) is 9.98. The van der Waals surface area contributed by atoms with Crippen molar-refractivity contribution < 1.29 is 4.74 Å². The van der Waals surface area contributed by atoms with Gasteiger partial charge in [-0.25, -0.2) is 0 Å². The van der Waals surface area contributed by atoms with Crippen molar-refractivity contribution in [1.29, 1.82) is 0 Å². The maximum absolute atomic E-state index is 6.46. The highest BCUT2D eigenvalue weighted by molar-refractivity contribution is 5.35. The molecule has 0 amide bonds. The molecule has 1 nitrogen and oxygen atoms in total. The Hall–Kier alpha value is -1.60. The molecule has 0 fully saturated rings. The Kier molecular flexibility index (Phi) is 4.84. The molecule has 0 saturated heterocycles. The number of ether oxygens (including phenoxy) is 1. The van der Waals surface area contributed by atoms with Crippen LogP contribution in [0.25, 0.3) is 0 Å². The van der Waals surface area contributed by atoms with Gasteiger partial charge < -0.3 is 4.74 Å². The summed E-state index contributed by atoms with van der Waals surface area (Å²) in [4.78, 5) is 0. The van der Waals surface area contributed by atoms with Crippen LogP contribution >= 0.6 is 0 Å². The normalized spacial score (nSPS) is 12.4. The van der Waals surface area contributed by atoms with Gasteiger partial charge in [0.1, 0.15) is 5.60 Å². The summed E-state index contributed by atoms with van der Waals surface area (Å²) in [5, 5.41) is 0. The Morgan fingerprint density at radius 3 is 1.57 bits per heavy atom. The molecule has 2 aromatic carbocycles. The van der Waals surface area contributed by atoms with Gasteiger partial charge in [-0.1, -0.05) is 81.4 Å². The predicted molar refractivity (Wildman–Crippen MR) is 89.4 cm³/mol. The van der Waals surface area contributed by atoms with E-state index in [1.165, 1.54) is 11.1 Å². The Labute approximate surface area is 129 Å². The van der Waals surface area contributed by atoms with Crippen molar-refractivity contribution in [1.82, 2.24) is 0 Å². The fourth-order valence-electron chi connectivity index (χ4n) is 2.29. The Morgan fingerprint density at radius 1 is 0.762 bits per heavy atom. The van der Waals surface area contributed by atoms with Crippen molar-refractivity contribution in [2.24, 2.45) is 5.41 Å². The van der Waals surface area contributed by atoms with E-state index in [1.807, 2.05) is 12.1 Å². The van der Waals surface area contributed by atoms with Gasteiger partial charge in [-0.15, -0.1) is 0 Å². The summed E-state index contributed by atoms with van der Waals surface area (Å²) in [6.07, 6.45) is 1.10. The van der Waals surface area contributed by atoms with Crippen LogP contribution < -0.4 is 0 Å². The molecule has 0 aliphatic rings. The third-order valence-electron chi connectivity index (χ3n) is 4.36. The number of hydrogen-bond acceptors (Lipinski definition) is 1. The van der Waals surface area contributed by atoms with Crippen molar-refractivity contribution in [2.75, 3.05) is 6.61 Å². The van der Waals surface area contributed by atoms with Gasteiger partial charge in [-0.3, -0.25) is 0 Å². The summed E-state index contributed by atoms with van der Waals surface area (Å²) in [5.41, 5.74) is 2.17. The van der Waals surface area contributed by atoms with Crippen LogP contribution in [0.5, 0.6) is 0 Å². The van der Waals surface area contributed by atoms with Crippen molar-refractivity contribution >= 4 is 0 Å². The van der Waals surface area contributed by atoms with Crippen LogP contribution in [0.2, 0.25) is 0 Å². The van der Waals surface area contributed by atoms with E-state index in [-0.39, 0.29) is 5.41 Å². The van der Waals surface area contributed by atoms with Gasteiger partial charge in [-0.2, -0.15) is 0 Å². The minimum atomic E-state index is -0.408. The number of hydrogen-bond donors (Lipinski definition) is 0. The van der Waals surface area contributed by atoms with E-state index in [9.17, 15) is 0 Å². The predicted octanol–water partition coefficient (Wildman–Crippen LogP) is 5.40. The average Bonchev–Trinajstić information content (AvgIpc) is 2.54. The van der Waals surface area contributed by atoms with Crippen molar-refractivity contribution in [3.8, 4) is 0 Å². The fraction of sp³-hybridized carbons (Fsp3) is 0.400. The number of rotatable bonds is 6. The lowest BCUT2D eigenvalue weighted by Gasteiger charge is -2.35. The summed E-state index contributed by atoms with van der Waals surface area (Å²) in [6, 6.07) is 21.0. The summed E-state index contributed by atoms with van der Waals surface area (Å²) in [7, 11) is 0. The molecule has 112 valence electrons. The van der Waals surface area contributed by atoms with Crippen LogP contribution in [-0.2, 0) is 10.3 Å². The Morgan fingerprint density at radius 2 is 1.19 bits per heavy atom.